The molecular weight excluding hydrogens is 526 g/mol. The van der Waals surface area contributed by atoms with E-state index < -0.39 is 6.04 Å². The predicted molar refractivity (Wildman–Crippen MR) is 167 cm³/mol. The summed E-state index contributed by atoms with van der Waals surface area (Å²) in [5, 5.41) is 7.31. The lowest BCUT2D eigenvalue weighted by Crippen LogP contribution is -2.61. The molecule has 2 atom stereocenters. The van der Waals surface area contributed by atoms with E-state index >= 15 is 0 Å². The molecule has 4 amide bonds. The zero-order chi connectivity index (χ0) is 29.9. The Bertz CT molecular complexity index is 1400. The number of hydrogen-bond donors (Lipinski definition) is 3. The molecule has 1 aliphatic carbocycles. The van der Waals surface area contributed by atoms with Crippen LogP contribution in [-0.2, 0) is 16.6 Å². The standard InChI is InChI=1S/C34H45N5O3/c1-23-22-38(18-19-39(23)33(42)36-27-10-6-5-7-11-27)32(41)30(20-25-21-35-29-13-9-8-12-28(25)29)37-31(40)24-14-16-26(17-15-24)34(2,3)4/h8-9,12-17,21,23,27,30,35H,5-7,10-11,18-20,22H2,1-4H3,(H,36,42)(H,37,40). The van der Waals surface area contributed by atoms with E-state index in [2.05, 4.69) is 36.4 Å². The fourth-order valence-electron chi connectivity index (χ4n) is 6.27. The quantitative estimate of drug-likeness (QED) is 0.371. The van der Waals surface area contributed by atoms with E-state index in [0.717, 1.165) is 47.7 Å². The van der Waals surface area contributed by atoms with Gasteiger partial charge < -0.3 is 25.4 Å². The van der Waals surface area contributed by atoms with Gasteiger partial charge in [-0.05, 0) is 54.5 Å². The molecule has 1 aromatic heterocycles. The summed E-state index contributed by atoms with van der Waals surface area (Å²) in [5.41, 5.74) is 3.62. The Balaban J connectivity index is 1.30. The molecule has 224 valence electrons. The second kappa shape index (κ2) is 12.6. The molecule has 0 spiro atoms. The van der Waals surface area contributed by atoms with Gasteiger partial charge in [0.15, 0.2) is 0 Å². The molecule has 0 bridgehead atoms. The molecule has 0 radical (unpaired) electrons. The van der Waals surface area contributed by atoms with Gasteiger partial charge in [-0.1, -0.05) is 70.4 Å². The van der Waals surface area contributed by atoms with Crippen molar-refractivity contribution < 1.29 is 14.4 Å². The number of nitrogens with one attached hydrogen (secondary N) is 3. The predicted octanol–water partition coefficient (Wildman–Crippen LogP) is 5.38. The molecule has 1 aliphatic heterocycles. The van der Waals surface area contributed by atoms with Gasteiger partial charge in [0, 0.05) is 60.8 Å². The van der Waals surface area contributed by atoms with E-state index in [-0.39, 0.29) is 35.3 Å². The number of hydrogen-bond acceptors (Lipinski definition) is 3. The van der Waals surface area contributed by atoms with Gasteiger partial charge >= 0.3 is 6.03 Å². The largest absolute Gasteiger partial charge is 0.361 e. The summed E-state index contributed by atoms with van der Waals surface area (Å²) in [6, 6.07) is 14.9. The molecule has 2 fully saturated rings. The Hall–Kier alpha value is -3.81. The van der Waals surface area contributed by atoms with Crippen LogP contribution < -0.4 is 10.6 Å². The van der Waals surface area contributed by atoms with Gasteiger partial charge in [0.05, 0.1) is 0 Å². The number of urea groups is 1. The summed E-state index contributed by atoms with van der Waals surface area (Å²) in [5.74, 6) is -0.397. The molecule has 2 aromatic carbocycles. The average Bonchev–Trinajstić information content (AvgIpc) is 3.39. The van der Waals surface area contributed by atoms with Gasteiger partial charge in [0.2, 0.25) is 5.91 Å². The fourth-order valence-corrected chi connectivity index (χ4v) is 6.27. The Labute approximate surface area is 249 Å². The van der Waals surface area contributed by atoms with Crippen molar-refractivity contribution in [2.45, 2.75) is 89.8 Å². The Morgan fingerprint density at radius 2 is 1.69 bits per heavy atom. The second-order valence-corrected chi connectivity index (χ2v) is 13.0. The smallest absolute Gasteiger partial charge is 0.317 e. The number of rotatable bonds is 6. The van der Waals surface area contributed by atoms with Crippen LogP contribution in [0.3, 0.4) is 0 Å². The van der Waals surface area contributed by atoms with E-state index in [4.69, 9.17) is 0 Å². The normalized spacial score (nSPS) is 19.0. The summed E-state index contributed by atoms with van der Waals surface area (Å²) in [6.07, 6.45) is 7.92. The van der Waals surface area contributed by atoms with Gasteiger partial charge in [0.25, 0.3) is 5.91 Å². The third-order valence-electron chi connectivity index (χ3n) is 8.85. The summed E-state index contributed by atoms with van der Waals surface area (Å²) in [4.78, 5) is 47.5. The number of para-hydroxylation sites is 1. The van der Waals surface area contributed by atoms with Crippen LogP contribution in [0, 0.1) is 0 Å². The molecule has 1 saturated heterocycles. The highest BCUT2D eigenvalue weighted by molar-refractivity contribution is 5.98. The van der Waals surface area contributed by atoms with Crippen molar-refractivity contribution in [2.24, 2.45) is 0 Å². The van der Waals surface area contributed by atoms with Crippen LogP contribution in [0.1, 0.15) is 81.3 Å². The summed E-state index contributed by atoms with van der Waals surface area (Å²) >= 11 is 0. The number of piperazine rings is 1. The molecule has 2 unspecified atom stereocenters. The van der Waals surface area contributed by atoms with E-state index in [9.17, 15) is 14.4 Å². The molecule has 3 aromatic rings. The SMILES string of the molecule is CC1CN(C(=O)C(Cc2c[nH]c3ccccc23)NC(=O)c2ccc(C(C)(C)C)cc2)CCN1C(=O)NC1CCCCC1. The first-order chi connectivity index (χ1) is 20.1. The Morgan fingerprint density at radius 1 is 0.976 bits per heavy atom. The lowest BCUT2D eigenvalue weighted by atomic mass is 9.86. The van der Waals surface area contributed by atoms with Crippen molar-refractivity contribution in [1.82, 2.24) is 25.4 Å². The van der Waals surface area contributed by atoms with Gasteiger partial charge in [-0.25, -0.2) is 4.79 Å². The van der Waals surface area contributed by atoms with Gasteiger partial charge in [-0.15, -0.1) is 0 Å². The molecule has 3 N–H and O–H groups in total. The van der Waals surface area contributed by atoms with Gasteiger partial charge in [-0.2, -0.15) is 0 Å². The van der Waals surface area contributed by atoms with Crippen molar-refractivity contribution in [1.29, 1.82) is 0 Å². The highest BCUT2D eigenvalue weighted by Gasteiger charge is 2.34. The van der Waals surface area contributed by atoms with Crippen molar-refractivity contribution in [3.05, 3.63) is 71.4 Å². The molecule has 5 rings (SSSR count). The topological polar surface area (TPSA) is 97.5 Å². The molecule has 2 aliphatic rings. The maximum Gasteiger partial charge on any atom is 0.317 e. The van der Waals surface area contributed by atoms with Crippen LogP contribution in [0.25, 0.3) is 10.9 Å². The highest BCUT2D eigenvalue weighted by Crippen LogP contribution is 2.24. The monoisotopic (exact) mass is 571 g/mol. The minimum Gasteiger partial charge on any atom is -0.361 e. The third kappa shape index (κ3) is 6.80. The number of H-pyrrole nitrogens is 1. The molecule has 8 heteroatoms. The average molecular weight is 572 g/mol. The van der Waals surface area contributed by atoms with Crippen LogP contribution >= 0.6 is 0 Å². The number of carbonyl (C=O) groups excluding carboxylic acids is 3. The molecule has 2 heterocycles. The van der Waals surface area contributed by atoms with E-state index in [1.807, 2.05) is 66.6 Å². The number of aromatic nitrogens is 1. The Kier molecular flexibility index (Phi) is 8.90. The van der Waals surface area contributed by atoms with E-state index in [0.29, 0.717) is 31.6 Å². The first kappa shape index (κ1) is 29.7. The number of fused-ring (bicyclic) bond motifs is 1. The molecule has 1 saturated carbocycles. The lowest BCUT2D eigenvalue weighted by Gasteiger charge is -2.41. The third-order valence-corrected chi connectivity index (χ3v) is 8.85. The number of benzene rings is 2. The molecule has 8 nitrogen and oxygen atoms in total. The summed E-state index contributed by atoms with van der Waals surface area (Å²) in [6.45, 7) is 9.73. The zero-order valence-electron chi connectivity index (χ0n) is 25.4. The minimum atomic E-state index is -0.742. The Morgan fingerprint density at radius 3 is 2.38 bits per heavy atom. The van der Waals surface area contributed by atoms with Crippen molar-refractivity contribution >= 4 is 28.7 Å². The van der Waals surface area contributed by atoms with Crippen LogP contribution in [0.5, 0.6) is 0 Å². The van der Waals surface area contributed by atoms with Crippen LogP contribution in [0.15, 0.2) is 54.7 Å². The highest BCUT2D eigenvalue weighted by atomic mass is 16.2. The molecule has 42 heavy (non-hydrogen) atoms. The fraction of sp³-hybridized carbons (Fsp3) is 0.500. The van der Waals surface area contributed by atoms with E-state index in [1.165, 1.54) is 6.42 Å². The van der Waals surface area contributed by atoms with E-state index in [1.54, 1.807) is 4.90 Å². The maximum atomic E-state index is 14.0. The van der Waals surface area contributed by atoms with Crippen LogP contribution in [-0.4, -0.2) is 70.4 Å². The number of amides is 4. The van der Waals surface area contributed by atoms with Crippen LogP contribution in [0.2, 0.25) is 0 Å². The number of carbonyl (C=O) groups is 3. The zero-order valence-corrected chi connectivity index (χ0v) is 25.4. The van der Waals surface area contributed by atoms with Crippen molar-refractivity contribution in [3.63, 3.8) is 0 Å². The van der Waals surface area contributed by atoms with Crippen LogP contribution in [0.4, 0.5) is 4.79 Å². The van der Waals surface area contributed by atoms with Crippen molar-refractivity contribution in [2.75, 3.05) is 19.6 Å². The van der Waals surface area contributed by atoms with Gasteiger partial charge in [-0.3, -0.25) is 9.59 Å². The maximum absolute atomic E-state index is 14.0. The minimum absolute atomic E-state index is 0.0189. The summed E-state index contributed by atoms with van der Waals surface area (Å²) in [7, 11) is 0. The summed E-state index contributed by atoms with van der Waals surface area (Å²) < 4.78 is 0. The second-order valence-electron chi connectivity index (χ2n) is 13.0. The molecular formula is C34H45N5O3. The van der Waals surface area contributed by atoms with Gasteiger partial charge in [0.1, 0.15) is 6.04 Å². The van der Waals surface area contributed by atoms with Crippen molar-refractivity contribution in [3.8, 4) is 0 Å². The number of aromatic amines is 1. The number of nitrogens with zero attached hydrogens (tertiary/aromatic N) is 2. The lowest BCUT2D eigenvalue weighted by molar-refractivity contribution is -0.135. The first-order valence-electron chi connectivity index (χ1n) is 15.4. The first-order valence-corrected chi connectivity index (χ1v) is 15.4.